The van der Waals surface area contributed by atoms with E-state index in [0.29, 0.717) is 5.69 Å². The summed E-state index contributed by atoms with van der Waals surface area (Å²) >= 11 is 1.43. The third kappa shape index (κ3) is 3.49. The Labute approximate surface area is 128 Å². The molecule has 5 nitrogen and oxygen atoms in total. The lowest BCUT2D eigenvalue weighted by Gasteiger charge is -2.10. The number of nitrogens with one attached hydrogen (secondary N) is 1. The van der Waals surface area contributed by atoms with Crippen molar-refractivity contribution in [1.29, 1.82) is 0 Å². The van der Waals surface area contributed by atoms with E-state index in [-0.39, 0.29) is 4.90 Å². The van der Waals surface area contributed by atoms with Crippen molar-refractivity contribution < 1.29 is 13.2 Å². The summed E-state index contributed by atoms with van der Waals surface area (Å²) in [6.07, 6.45) is 0. The highest BCUT2D eigenvalue weighted by Crippen LogP contribution is 2.38. The molecule has 0 aliphatic heterocycles. The fraction of sp³-hybridized carbons (Fsp3) is 0.143. The van der Waals surface area contributed by atoms with E-state index in [1.807, 2.05) is 24.3 Å². The van der Waals surface area contributed by atoms with Crippen LogP contribution < -0.4 is 15.2 Å². The van der Waals surface area contributed by atoms with Crippen LogP contribution in [0.4, 0.5) is 5.69 Å². The molecule has 112 valence electrons. The summed E-state index contributed by atoms with van der Waals surface area (Å²) in [4.78, 5) is 1.83. The third-order valence-electron chi connectivity index (χ3n) is 2.85. The molecule has 0 aliphatic rings. The van der Waals surface area contributed by atoms with Gasteiger partial charge in [-0.25, -0.2) is 13.1 Å². The lowest BCUT2D eigenvalue weighted by molar-refractivity contribution is 0.405. The first-order valence-electron chi connectivity index (χ1n) is 6.12. The SMILES string of the molecule is CNS(=O)(=O)c1ccc(Sc2ccccc2OC)c(N)c1. The van der Waals surface area contributed by atoms with Crippen molar-refractivity contribution in [2.24, 2.45) is 0 Å². The van der Waals surface area contributed by atoms with Gasteiger partial charge in [-0.1, -0.05) is 23.9 Å². The summed E-state index contributed by atoms with van der Waals surface area (Å²) in [5, 5.41) is 0. The molecule has 2 rings (SSSR count). The molecule has 2 aromatic carbocycles. The molecule has 2 aromatic rings. The van der Waals surface area contributed by atoms with Crippen LogP contribution in [0.5, 0.6) is 5.75 Å². The second kappa shape index (κ2) is 6.38. The number of anilines is 1. The van der Waals surface area contributed by atoms with Crippen molar-refractivity contribution in [2.75, 3.05) is 19.9 Å². The summed E-state index contributed by atoms with van der Waals surface area (Å²) in [5.41, 5.74) is 6.36. The van der Waals surface area contributed by atoms with Gasteiger partial charge in [0, 0.05) is 10.6 Å². The van der Waals surface area contributed by atoms with Gasteiger partial charge < -0.3 is 10.5 Å². The maximum absolute atomic E-state index is 11.7. The first kappa shape index (κ1) is 15.7. The predicted molar refractivity (Wildman–Crippen MR) is 84.2 cm³/mol. The van der Waals surface area contributed by atoms with Crippen LogP contribution in [0.3, 0.4) is 0 Å². The van der Waals surface area contributed by atoms with Gasteiger partial charge in [0.15, 0.2) is 0 Å². The molecule has 21 heavy (non-hydrogen) atoms. The van der Waals surface area contributed by atoms with Crippen LogP contribution >= 0.6 is 11.8 Å². The Morgan fingerprint density at radius 3 is 2.48 bits per heavy atom. The third-order valence-corrected chi connectivity index (χ3v) is 5.41. The van der Waals surface area contributed by atoms with Crippen LogP contribution in [0, 0.1) is 0 Å². The molecular weight excluding hydrogens is 308 g/mol. The zero-order valence-electron chi connectivity index (χ0n) is 11.7. The Morgan fingerprint density at radius 1 is 1.14 bits per heavy atom. The monoisotopic (exact) mass is 324 g/mol. The number of nitrogens with two attached hydrogens (primary N) is 1. The molecule has 0 amide bonds. The van der Waals surface area contributed by atoms with E-state index in [9.17, 15) is 8.42 Å². The van der Waals surface area contributed by atoms with E-state index >= 15 is 0 Å². The van der Waals surface area contributed by atoms with Gasteiger partial charge in [0.25, 0.3) is 0 Å². The predicted octanol–water partition coefficient (Wildman–Crippen LogP) is 2.34. The molecule has 0 heterocycles. The normalized spacial score (nSPS) is 11.3. The van der Waals surface area contributed by atoms with Crippen LogP contribution in [0.25, 0.3) is 0 Å². The Hall–Kier alpha value is -1.70. The number of methoxy groups -OCH3 is 1. The molecule has 0 saturated heterocycles. The molecule has 0 unspecified atom stereocenters. The van der Waals surface area contributed by atoms with Crippen LogP contribution in [-0.2, 0) is 10.0 Å². The van der Waals surface area contributed by atoms with Gasteiger partial charge in [0.05, 0.1) is 16.9 Å². The fourth-order valence-electron chi connectivity index (χ4n) is 1.73. The average Bonchev–Trinajstić information content (AvgIpc) is 2.49. The van der Waals surface area contributed by atoms with Crippen molar-refractivity contribution in [3.63, 3.8) is 0 Å². The largest absolute Gasteiger partial charge is 0.496 e. The van der Waals surface area contributed by atoms with Gasteiger partial charge in [-0.15, -0.1) is 0 Å². The van der Waals surface area contributed by atoms with Gasteiger partial charge >= 0.3 is 0 Å². The number of sulfonamides is 1. The van der Waals surface area contributed by atoms with Crippen molar-refractivity contribution >= 4 is 27.5 Å². The number of hydrogen-bond donors (Lipinski definition) is 2. The second-order valence-electron chi connectivity index (χ2n) is 4.16. The van der Waals surface area contributed by atoms with E-state index < -0.39 is 10.0 Å². The summed E-state index contributed by atoms with van der Waals surface area (Å²) in [6.45, 7) is 0. The standard InChI is InChI=1S/C14H16N2O3S2/c1-16-21(17,18)10-7-8-13(11(15)9-10)20-14-6-4-3-5-12(14)19-2/h3-9,16H,15H2,1-2H3. The summed E-state index contributed by atoms with van der Waals surface area (Å²) in [6, 6.07) is 12.2. The van der Waals surface area contributed by atoms with Crippen LogP contribution in [-0.4, -0.2) is 22.6 Å². The first-order valence-corrected chi connectivity index (χ1v) is 8.42. The van der Waals surface area contributed by atoms with Gasteiger partial charge in [0.2, 0.25) is 10.0 Å². The fourth-order valence-corrected chi connectivity index (χ4v) is 3.44. The van der Waals surface area contributed by atoms with Crippen molar-refractivity contribution in [1.82, 2.24) is 4.72 Å². The molecule has 7 heteroatoms. The molecule has 0 aromatic heterocycles. The van der Waals surface area contributed by atoms with Crippen LogP contribution in [0.2, 0.25) is 0 Å². The minimum Gasteiger partial charge on any atom is -0.496 e. The number of hydrogen-bond acceptors (Lipinski definition) is 5. The lowest BCUT2D eigenvalue weighted by Crippen LogP contribution is -2.18. The van der Waals surface area contributed by atoms with Gasteiger partial charge in [-0.3, -0.25) is 0 Å². The quantitative estimate of drug-likeness (QED) is 0.825. The second-order valence-corrected chi connectivity index (χ2v) is 7.13. The molecule has 0 saturated carbocycles. The number of rotatable bonds is 5. The van der Waals surface area contributed by atoms with E-state index in [1.54, 1.807) is 13.2 Å². The molecule has 0 spiro atoms. The summed E-state index contributed by atoms with van der Waals surface area (Å²) < 4.78 is 31.0. The Bertz CT molecular complexity index is 746. The zero-order chi connectivity index (χ0) is 15.5. The van der Waals surface area contributed by atoms with Crippen molar-refractivity contribution in [3.05, 3.63) is 42.5 Å². The molecule has 0 atom stereocenters. The molecule has 0 fully saturated rings. The van der Waals surface area contributed by atoms with Crippen LogP contribution in [0.15, 0.2) is 57.2 Å². The minimum absolute atomic E-state index is 0.145. The number of benzene rings is 2. The molecule has 0 bridgehead atoms. The van der Waals surface area contributed by atoms with E-state index in [2.05, 4.69) is 4.72 Å². The average molecular weight is 324 g/mol. The van der Waals surface area contributed by atoms with E-state index in [0.717, 1.165) is 15.5 Å². The molecule has 3 N–H and O–H groups in total. The van der Waals surface area contributed by atoms with E-state index in [1.165, 1.54) is 30.9 Å². The maximum atomic E-state index is 11.7. The van der Waals surface area contributed by atoms with E-state index in [4.69, 9.17) is 10.5 Å². The Balaban J connectivity index is 2.34. The highest BCUT2D eigenvalue weighted by atomic mass is 32.2. The summed E-state index contributed by atoms with van der Waals surface area (Å²) in [5.74, 6) is 0.744. The molecular formula is C14H16N2O3S2. The number of nitrogen functional groups attached to an aromatic ring is 1. The molecule has 0 aliphatic carbocycles. The van der Waals surface area contributed by atoms with Crippen molar-refractivity contribution in [3.8, 4) is 5.75 Å². The Kier molecular flexibility index (Phi) is 4.76. The highest BCUT2D eigenvalue weighted by Gasteiger charge is 2.14. The van der Waals surface area contributed by atoms with Crippen molar-refractivity contribution in [2.45, 2.75) is 14.7 Å². The summed E-state index contributed by atoms with van der Waals surface area (Å²) in [7, 11) is -0.520. The van der Waals surface area contributed by atoms with Crippen LogP contribution in [0.1, 0.15) is 0 Å². The minimum atomic E-state index is -3.49. The number of para-hydroxylation sites is 1. The van der Waals surface area contributed by atoms with Gasteiger partial charge in [0.1, 0.15) is 5.75 Å². The highest BCUT2D eigenvalue weighted by molar-refractivity contribution is 7.99. The molecule has 0 radical (unpaired) electrons. The number of ether oxygens (including phenoxy) is 1. The van der Waals surface area contributed by atoms with Gasteiger partial charge in [-0.2, -0.15) is 0 Å². The zero-order valence-corrected chi connectivity index (χ0v) is 13.3. The smallest absolute Gasteiger partial charge is 0.240 e. The van der Waals surface area contributed by atoms with Gasteiger partial charge in [-0.05, 0) is 37.4 Å². The first-order chi connectivity index (χ1) is 9.97. The topological polar surface area (TPSA) is 81.4 Å². The lowest BCUT2D eigenvalue weighted by atomic mass is 10.3. The Morgan fingerprint density at radius 2 is 1.86 bits per heavy atom. The maximum Gasteiger partial charge on any atom is 0.240 e.